The Kier molecular flexibility index (Phi) is 4.03. The summed E-state index contributed by atoms with van der Waals surface area (Å²) >= 11 is 0. The molecule has 0 saturated heterocycles. The molecule has 0 radical (unpaired) electrons. The van der Waals surface area contributed by atoms with Crippen LogP contribution in [0.1, 0.15) is 33.5 Å². The Bertz CT molecular complexity index is 413. The first-order valence-corrected chi connectivity index (χ1v) is 5.51. The van der Waals surface area contributed by atoms with Crippen LogP contribution in [-0.4, -0.2) is 22.1 Å². The van der Waals surface area contributed by atoms with E-state index in [1.807, 2.05) is 0 Å². The maximum atomic E-state index is 12.6. The summed E-state index contributed by atoms with van der Waals surface area (Å²) in [7, 11) is 0. The Hall–Kier alpha value is -1.53. The molecule has 1 N–H and O–H groups in total. The fourth-order valence-corrected chi connectivity index (χ4v) is 1.19. The van der Waals surface area contributed by atoms with Gasteiger partial charge >= 0.3 is 6.18 Å². The summed E-state index contributed by atoms with van der Waals surface area (Å²) in [6.45, 7) is 7.42. The molecule has 0 bridgehead atoms. The molecule has 4 nitrogen and oxygen atoms in total. The summed E-state index contributed by atoms with van der Waals surface area (Å²) in [6, 6.07) is 1.35. The van der Waals surface area contributed by atoms with E-state index < -0.39 is 17.6 Å². The average molecular weight is 263 g/mol. The SMILES string of the molecule is CCNc1cc(OC(C)(C)C)nc(C(F)(F)F)n1. The summed E-state index contributed by atoms with van der Waals surface area (Å²) in [6.07, 6.45) is -4.60. The highest BCUT2D eigenvalue weighted by Gasteiger charge is 2.36. The van der Waals surface area contributed by atoms with Crippen molar-refractivity contribution in [3.8, 4) is 5.88 Å². The molecule has 0 aliphatic carbocycles. The molecule has 0 saturated carbocycles. The van der Waals surface area contributed by atoms with Crippen molar-refractivity contribution in [3.63, 3.8) is 0 Å². The van der Waals surface area contributed by atoms with Crippen LogP contribution < -0.4 is 10.1 Å². The van der Waals surface area contributed by atoms with Crippen LogP contribution in [0.4, 0.5) is 19.0 Å². The number of anilines is 1. The molecule has 1 rings (SSSR count). The van der Waals surface area contributed by atoms with Crippen LogP contribution in [0.5, 0.6) is 5.88 Å². The molecule has 7 heteroatoms. The monoisotopic (exact) mass is 263 g/mol. The van der Waals surface area contributed by atoms with Crippen LogP contribution in [0.2, 0.25) is 0 Å². The number of hydrogen-bond acceptors (Lipinski definition) is 4. The molecule has 0 amide bonds. The van der Waals surface area contributed by atoms with Gasteiger partial charge < -0.3 is 10.1 Å². The van der Waals surface area contributed by atoms with Crippen LogP contribution in [-0.2, 0) is 6.18 Å². The lowest BCUT2D eigenvalue weighted by molar-refractivity contribution is -0.145. The van der Waals surface area contributed by atoms with Gasteiger partial charge in [0.1, 0.15) is 11.4 Å². The van der Waals surface area contributed by atoms with Gasteiger partial charge in [0.15, 0.2) is 0 Å². The van der Waals surface area contributed by atoms with E-state index in [2.05, 4.69) is 15.3 Å². The van der Waals surface area contributed by atoms with E-state index in [4.69, 9.17) is 4.74 Å². The van der Waals surface area contributed by atoms with Crippen molar-refractivity contribution in [2.75, 3.05) is 11.9 Å². The highest BCUT2D eigenvalue weighted by atomic mass is 19.4. The lowest BCUT2D eigenvalue weighted by Gasteiger charge is -2.21. The van der Waals surface area contributed by atoms with Crippen molar-refractivity contribution in [2.45, 2.75) is 39.5 Å². The van der Waals surface area contributed by atoms with Crippen LogP contribution in [0.15, 0.2) is 6.07 Å². The standard InChI is InChI=1S/C11H16F3N3O/c1-5-15-7-6-8(18-10(2,3)4)17-9(16-7)11(12,13)14/h6H,5H2,1-4H3,(H,15,16,17). The van der Waals surface area contributed by atoms with Gasteiger partial charge in [-0.05, 0) is 27.7 Å². The molecule has 1 aromatic rings. The van der Waals surface area contributed by atoms with Crippen LogP contribution in [0.3, 0.4) is 0 Å². The minimum atomic E-state index is -4.60. The number of halogens is 3. The smallest absolute Gasteiger partial charge is 0.451 e. The second-order valence-corrected chi connectivity index (χ2v) is 4.66. The van der Waals surface area contributed by atoms with E-state index in [0.29, 0.717) is 6.54 Å². The molecule has 102 valence electrons. The first-order chi connectivity index (χ1) is 8.12. The van der Waals surface area contributed by atoms with Gasteiger partial charge in [0.05, 0.1) is 0 Å². The van der Waals surface area contributed by atoms with Gasteiger partial charge in [0.25, 0.3) is 0 Å². The molecule has 0 atom stereocenters. The third-order valence-electron chi connectivity index (χ3n) is 1.72. The molecule has 0 unspecified atom stereocenters. The minimum Gasteiger partial charge on any atom is -0.472 e. The van der Waals surface area contributed by atoms with Crippen molar-refractivity contribution < 1.29 is 17.9 Å². The fraction of sp³-hybridized carbons (Fsp3) is 0.636. The maximum Gasteiger partial charge on any atom is 0.451 e. The van der Waals surface area contributed by atoms with Crippen LogP contribution >= 0.6 is 0 Å². The molecule has 0 aliphatic heterocycles. The quantitative estimate of drug-likeness (QED) is 0.910. The van der Waals surface area contributed by atoms with E-state index in [-0.39, 0.29) is 11.7 Å². The zero-order valence-electron chi connectivity index (χ0n) is 10.7. The normalized spacial score (nSPS) is 12.4. The third-order valence-corrected chi connectivity index (χ3v) is 1.72. The number of alkyl halides is 3. The predicted octanol–water partition coefficient (Wildman–Crippen LogP) is 3.10. The predicted molar refractivity (Wildman–Crippen MR) is 61.6 cm³/mol. The number of nitrogens with one attached hydrogen (secondary N) is 1. The summed E-state index contributed by atoms with van der Waals surface area (Å²) in [5, 5.41) is 2.72. The Morgan fingerprint density at radius 3 is 2.28 bits per heavy atom. The third kappa shape index (κ3) is 4.38. The lowest BCUT2D eigenvalue weighted by Crippen LogP contribution is -2.24. The van der Waals surface area contributed by atoms with Gasteiger partial charge in [-0.15, -0.1) is 0 Å². The van der Waals surface area contributed by atoms with E-state index in [9.17, 15) is 13.2 Å². The van der Waals surface area contributed by atoms with Gasteiger partial charge in [0.2, 0.25) is 11.7 Å². The van der Waals surface area contributed by atoms with E-state index in [0.717, 1.165) is 0 Å². The van der Waals surface area contributed by atoms with Crippen LogP contribution in [0.25, 0.3) is 0 Å². The number of ether oxygens (including phenoxy) is 1. The van der Waals surface area contributed by atoms with Gasteiger partial charge in [-0.3, -0.25) is 0 Å². The summed E-state index contributed by atoms with van der Waals surface area (Å²) < 4.78 is 43.2. The van der Waals surface area contributed by atoms with Gasteiger partial charge in [-0.25, -0.2) is 4.98 Å². The molecular weight excluding hydrogens is 247 g/mol. The topological polar surface area (TPSA) is 47.0 Å². The van der Waals surface area contributed by atoms with Gasteiger partial charge in [-0.1, -0.05) is 0 Å². The van der Waals surface area contributed by atoms with E-state index in [1.165, 1.54) is 6.07 Å². The number of nitrogens with zero attached hydrogens (tertiary/aromatic N) is 2. The first kappa shape index (κ1) is 14.5. The molecule has 0 aliphatic rings. The van der Waals surface area contributed by atoms with Crippen LogP contribution in [0, 0.1) is 0 Å². The Morgan fingerprint density at radius 2 is 1.83 bits per heavy atom. The molecule has 18 heavy (non-hydrogen) atoms. The second-order valence-electron chi connectivity index (χ2n) is 4.66. The highest BCUT2D eigenvalue weighted by molar-refractivity contribution is 5.38. The number of rotatable bonds is 3. The maximum absolute atomic E-state index is 12.6. The number of hydrogen-bond donors (Lipinski definition) is 1. The highest BCUT2D eigenvalue weighted by Crippen LogP contribution is 2.29. The fourth-order valence-electron chi connectivity index (χ4n) is 1.19. The molecular formula is C11H16F3N3O. The lowest BCUT2D eigenvalue weighted by atomic mass is 10.2. The zero-order valence-corrected chi connectivity index (χ0v) is 10.7. The molecule has 1 aromatic heterocycles. The first-order valence-electron chi connectivity index (χ1n) is 5.51. The van der Waals surface area contributed by atoms with Gasteiger partial charge in [-0.2, -0.15) is 18.2 Å². The largest absolute Gasteiger partial charge is 0.472 e. The van der Waals surface area contributed by atoms with E-state index in [1.54, 1.807) is 27.7 Å². The van der Waals surface area contributed by atoms with E-state index >= 15 is 0 Å². The van der Waals surface area contributed by atoms with Gasteiger partial charge in [0, 0.05) is 12.6 Å². The molecule has 0 fully saturated rings. The summed E-state index contributed by atoms with van der Waals surface area (Å²) in [4.78, 5) is 6.77. The Balaban J connectivity index is 3.14. The summed E-state index contributed by atoms with van der Waals surface area (Å²) in [5.41, 5.74) is -0.624. The Morgan fingerprint density at radius 1 is 1.22 bits per heavy atom. The zero-order chi connectivity index (χ0) is 14.0. The molecule has 1 heterocycles. The molecule has 0 spiro atoms. The molecule has 0 aromatic carbocycles. The van der Waals surface area contributed by atoms with Crippen molar-refractivity contribution in [1.82, 2.24) is 9.97 Å². The summed E-state index contributed by atoms with van der Waals surface area (Å²) in [5.74, 6) is -1.21. The average Bonchev–Trinajstić information content (AvgIpc) is 2.13. The second kappa shape index (κ2) is 4.99. The van der Waals surface area contributed by atoms with Crippen molar-refractivity contribution in [1.29, 1.82) is 0 Å². The minimum absolute atomic E-state index is 0.0964. The van der Waals surface area contributed by atoms with Crippen molar-refractivity contribution >= 4 is 5.82 Å². The number of aromatic nitrogens is 2. The Labute approximate surface area is 104 Å². The van der Waals surface area contributed by atoms with Crippen molar-refractivity contribution in [2.24, 2.45) is 0 Å². The van der Waals surface area contributed by atoms with Crippen molar-refractivity contribution in [3.05, 3.63) is 11.9 Å².